The number of anilines is 1. The molecule has 1 unspecified atom stereocenters. The Morgan fingerprint density at radius 1 is 1.22 bits per heavy atom. The number of nitrogens with one attached hydrogen (secondary N) is 1. The maximum Gasteiger partial charge on any atom is 0.332 e. The molecule has 0 saturated carbocycles. The van der Waals surface area contributed by atoms with E-state index in [4.69, 9.17) is 21.1 Å². The first-order valence-corrected chi connectivity index (χ1v) is 11.2. The second-order valence-electron chi connectivity index (χ2n) is 7.89. The van der Waals surface area contributed by atoms with Crippen molar-refractivity contribution in [2.75, 3.05) is 25.6 Å². The quantitative estimate of drug-likeness (QED) is 0.518. The van der Waals surface area contributed by atoms with Crippen LogP contribution in [0.2, 0.25) is 5.02 Å². The minimum atomic E-state index is -0.393. The molecule has 1 aliphatic rings. The lowest BCUT2D eigenvalue weighted by atomic mass is 10.2. The molecule has 9 nitrogen and oxygen atoms in total. The molecule has 0 spiro atoms. The highest BCUT2D eigenvalue weighted by Gasteiger charge is 2.20. The van der Waals surface area contributed by atoms with Gasteiger partial charge in [-0.05, 0) is 43.4 Å². The maximum absolute atomic E-state index is 13.4. The van der Waals surface area contributed by atoms with E-state index in [1.807, 2.05) is 12.1 Å². The van der Waals surface area contributed by atoms with Crippen LogP contribution in [-0.4, -0.2) is 45.2 Å². The molecule has 0 bridgehead atoms. The molecule has 32 heavy (non-hydrogen) atoms. The first kappa shape index (κ1) is 22.6. The normalized spacial score (nSPS) is 16.5. The van der Waals surface area contributed by atoms with Gasteiger partial charge in [0, 0.05) is 32.3 Å². The predicted molar refractivity (Wildman–Crippen MR) is 123 cm³/mol. The summed E-state index contributed by atoms with van der Waals surface area (Å²) in [6.45, 7) is 1.81. The van der Waals surface area contributed by atoms with Crippen molar-refractivity contribution in [1.82, 2.24) is 18.7 Å². The van der Waals surface area contributed by atoms with Gasteiger partial charge in [0.1, 0.15) is 0 Å². The average Bonchev–Trinajstić information content (AvgIpc) is 3.18. The van der Waals surface area contributed by atoms with Gasteiger partial charge in [0.2, 0.25) is 5.95 Å². The van der Waals surface area contributed by atoms with Crippen LogP contribution in [0.3, 0.4) is 0 Å². The third-order valence-electron chi connectivity index (χ3n) is 5.68. The average molecular weight is 462 g/mol. The summed E-state index contributed by atoms with van der Waals surface area (Å²) < 4.78 is 15.8. The van der Waals surface area contributed by atoms with E-state index in [2.05, 4.69) is 10.3 Å². The van der Waals surface area contributed by atoms with Crippen LogP contribution in [0.25, 0.3) is 11.2 Å². The summed E-state index contributed by atoms with van der Waals surface area (Å²) in [5, 5.41) is 3.67. The van der Waals surface area contributed by atoms with Crippen LogP contribution in [0, 0.1) is 0 Å². The van der Waals surface area contributed by atoms with Crippen molar-refractivity contribution >= 4 is 28.7 Å². The van der Waals surface area contributed by atoms with Crippen LogP contribution in [0.15, 0.2) is 33.9 Å². The van der Waals surface area contributed by atoms with Crippen molar-refractivity contribution < 1.29 is 9.47 Å². The molecule has 1 fully saturated rings. The minimum absolute atomic E-state index is 0.190. The Labute approximate surface area is 190 Å². The number of hydrogen-bond donors (Lipinski definition) is 1. The summed E-state index contributed by atoms with van der Waals surface area (Å²) in [7, 11) is 3.37. The van der Waals surface area contributed by atoms with Gasteiger partial charge in [0.15, 0.2) is 17.5 Å². The van der Waals surface area contributed by atoms with Crippen molar-refractivity contribution in [3.05, 3.63) is 55.7 Å². The maximum atomic E-state index is 13.4. The molecule has 1 N–H and O–H groups in total. The van der Waals surface area contributed by atoms with Crippen molar-refractivity contribution in [3.63, 3.8) is 0 Å². The molecule has 2 aromatic heterocycles. The highest BCUT2D eigenvalue weighted by atomic mass is 35.5. The van der Waals surface area contributed by atoms with Gasteiger partial charge in [-0.3, -0.25) is 18.5 Å². The number of nitrogens with zero attached hydrogens (tertiary/aromatic N) is 4. The highest BCUT2D eigenvalue weighted by Crippen LogP contribution is 2.19. The van der Waals surface area contributed by atoms with Crippen molar-refractivity contribution in [2.45, 2.75) is 45.1 Å². The number of hydrogen-bond acceptors (Lipinski definition) is 6. The Bertz CT molecular complexity index is 1190. The van der Waals surface area contributed by atoms with Crippen LogP contribution in [0.5, 0.6) is 0 Å². The Balaban J connectivity index is 1.62. The van der Waals surface area contributed by atoms with Gasteiger partial charge >= 0.3 is 5.69 Å². The lowest BCUT2D eigenvalue weighted by Gasteiger charge is -2.22. The first-order valence-electron chi connectivity index (χ1n) is 10.8. The van der Waals surface area contributed by atoms with E-state index >= 15 is 0 Å². The molecule has 172 valence electrons. The van der Waals surface area contributed by atoms with Gasteiger partial charge in [-0.25, -0.2) is 4.79 Å². The summed E-state index contributed by atoms with van der Waals surface area (Å²) >= 11 is 6.00. The number of aryl methyl sites for hydroxylation is 1. The molecule has 3 aromatic rings. The molecule has 0 aliphatic carbocycles. The Hall–Kier alpha value is -2.62. The van der Waals surface area contributed by atoms with Crippen LogP contribution >= 0.6 is 11.6 Å². The molecule has 1 saturated heterocycles. The first-order chi connectivity index (χ1) is 15.5. The van der Waals surface area contributed by atoms with Crippen molar-refractivity contribution in [3.8, 4) is 0 Å². The number of imidazole rings is 1. The predicted octanol–water partition coefficient (Wildman–Crippen LogP) is 2.57. The summed E-state index contributed by atoms with van der Waals surface area (Å²) in [5.41, 5.74) is 0.936. The smallest absolute Gasteiger partial charge is 0.332 e. The zero-order valence-corrected chi connectivity index (χ0v) is 19.1. The highest BCUT2D eigenvalue weighted by molar-refractivity contribution is 6.30. The zero-order valence-electron chi connectivity index (χ0n) is 18.3. The summed E-state index contributed by atoms with van der Waals surface area (Å²) in [5.74, 6) is 0.512. The number of halogens is 1. The fourth-order valence-corrected chi connectivity index (χ4v) is 4.09. The van der Waals surface area contributed by atoms with E-state index < -0.39 is 5.69 Å². The topological polar surface area (TPSA) is 92.3 Å². The summed E-state index contributed by atoms with van der Waals surface area (Å²) in [6, 6.07) is 7.41. The van der Waals surface area contributed by atoms with E-state index in [1.54, 1.807) is 30.8 Å². The van der Waals surface area contributed by atoms with Crippen LogP contribution in [0.1, 0.15) is 31.2 Å². The molecular formula is C22H28ClN5O4. The van der Waals surface area contributed by atoms with E-state index in [-0.39, 0.29) is 18.4 Å². The fraction of sp³-hybridized carbons (Fsp3) is 0.500. The number of aromatic nitrogens is 4. The molecule has 10 heteroatoms. The minimum Gasteiger partial charge on any atom is -0.359 e. The molecule has 1 aromatic carbocycles. The van der Waals surface area contributed by atoms with Crippen LogP contribution in [-0.2, 0) is 29.6 Å². The number of rotatable bonds is 8. The second kappa shape index (κ2) is 9.89. The number of ether oxygens (including phenoxy) is 2. The van der Waals surface area contributed by atoms with E-state index in [0.717, 1.165) is 24.8 Å². The van der Waals surface area contributed by atoms with Gasteiger partial charge in [-0.15, -0.1) is 0 Å². The van der Waals surface area contributed by atoms with Crippen molar-refractivity contribution in [2.24, 2.45) is 7.05 Å². The fourth-order valence-electron chi connectivity index (χ4n) is 3.97. The Morgan fingerprint density at radius 2 is 2.00 bits per heavy atom. The largest absolute Gasteiger partial charge is 0.359 e. The van der Waals surface area contributed by atoms with Gasteiger partial charge in [-0.1, -0.05) is 23.7 Å². The molecule has 3 heterocycles. The number of fused-ring (bicyclic) bond motifs is 1. The molecule has 4 rings (SSSR count). The Kier molecular flexibility index (Phi) is 6.98. The van der Waals surface area contributed by atoms with E-state index in [0.29, 0.717) is 48.3 Å². The molecule has 0 radical (unpaired) electrons. The standard InChI is InChI=1S/C22H28ClN5O4/c1-24-21-25-19-18(28(21)14-15-7-9-16(23)10-8-15)20(29)27(22(30)26(19)2)11-5-13-32-17-6-3-4-12-31-17/h7-10,17H,3-6,11-14H2,1-2H3,(H,24,25). The van der Waals surface area contributed by atoms with Gasteiger partial charge in [0.25, 0.3) is 5.56 Å². The van der Waals surface area contributed by atoms with E-state index in [1.165, 1.54) is 9.13 Å². The summed E-state index contributed by atoms with van der Waals surface area (Å²) in [4.78, 5) is 30.7. The van der Waals surface area contributed by atoms with Gasteiger partial charge < -0.3 is 14.8 Å². The molecule has 0 amide bonds. The lowest BCUT2D eigenvalue weighted by molar-refractivity contribution is -0.163. The molecular weight excluding hydrogens is 434 g/mol. The molecule has 1 atom stereocenters. The van der Waals surface area contributed by atoms with Crippen LogP contribution in [0.4, 0.5) is 5.95 Å². The van der Waals surface area contributed by atoms with Gasteiger partial charge in [-0.2, -0.15) is 4.98 Å². The monoisotopic (exact) mass is 461 g/mol. The zero-order chi connectivity index (χ0) is 22.7. The third kappa shape index (κ3) is 4.60. The van der Waals surface area contributed by atoms with Crippen LogP contribution < -0.4 is 16.6 Å². The molecule has 1 aliphatic heterocycles. The third-order valence-corrected chi connectivity index (χ3v) is 5.93. The Morgan fingerprint density at radius 3 is 2.69 bits per heavy atom. The lowest BCUT2D eigenvalue weighted by Crippen LogP contribution is -2.40. The number of benzene rings is 1. The SMILES string of the molecule is CNc1nc2c(c(=O)n(CCCOC3CCCCO3)c(=O)n2C)n1Cc1ccc(Cl)cc1. The van der Waals surface area contributed by atoms with E-state index in [9.17, 15) is 9.59 Å². The van der Waals surface area contributed by atoms with Gasteiger partial charge in [0.05, 0.1) is 13.2 Å². The summed E-state index contributed by atoms with van der Waals surface area (Å²) in [6.07, 6.45) is 3.37. The second-order valence-corrected chi connectivity index (χ2v) is 8.33. The van der Waals surface area contributed by atoms with Crippen molar-refractivity contribution in [1.29, 1.82) is 0 Å².